The number of rotatable bonds is 5. The van der Waals surface area contributed by atoms with Crippen LogP contribution in [0.2, 0.25) is 0 Å². The SMILES string of the molecule is C#C/C=N\CCC/C=C\CC. The van der Waals surface area contributed by atoms with Crippen molar-refractivity contribution in [2.24, 2.45) is 4.99 Å². The maximum Gasteiger partial charge on any atom is 0.0708 e. The fraction of sp³-hybridized carbons (Fsp3) is 0.500. The number of allylic oxidation sites excluding steroid dienone is 2. The van der Waals surface area contributed by atoms with Crippen LogP contribution in [-0.4, -0.2) is 12.8 Å². The van der Waals surface area contributed by atoms with E-state index in [4.69, 9.17) is 6.42 Å². The van der Waals surface area contributed by atoms with Gasteiger partial charge in [0.25, 0.3) is 0 Å². The summed E-state index contributed by atoms with van der Waals surface area (Å²) in [6.45, 7) is 2.98. The summed E-state index contributed by atoms with van der Waals surface area (Å²) < 4.78 is 0. The van der Waals surface area contributed by atoms with E-state index in [0.717, 1.165) is 25.8 Å². The molecule has 0 aliphatic heterocycles. The summed E-state index contributed by atoms with van der Waals surface area (Å²) >= 11 is 0. The van der Waals surface area contributed by atoms with E-state index in [-0.39, 0.29) is 0 Å². The van der Waals surface area contributed by atoms with Gasteiger partial charge in [-0.1, -0.05) is 25.0 Å². The fourth-order valence-electron chi connectivity index (χ4n) is 0.702. The zero-order chi connectivity index (χ0) is 8.36. The molecule has 0 aliphatic carbocycles. The van der Waals surface area contributed by atoms with E-state index in [1.165, 1.54) is 6.21 Å². The van der Waals surface area contributed by atoms with Gasteiger partial charge in [-0.3, -0.25) is 4.99 Å². The highest BCUT2D eigenvalue weighted by atomic mass is 14.7. The van der Waals surface area contributed by atoms with Crippen LogP contribution in [0.4, 0.5) is 0 Å². The summed E-state index contributed by atoms with van der Waals surface area (Å²) in [6, 6.07) is 0. The molecule has 0 saturated heterocycles. The molecule has 0 unspecified atom stereocenters. The minimum absolute atomic E-state index is 0.845. The van der Waals surface area contributed by atoms with Gasteiger partial charge in [-0.15, -0.1) is 6.42 Å². The van der Waals surface area contributed by atoms with Gasteiger partial charge in [0.15, 0.2) is 0 Å². The zero-order valence-corrected chi connectivity index (χ0v) is 7.09. The van der Waals surface area contributed by atoms with Crippen molar-refractivity contribution in [2.45, 2.75) is 26.2 Å². The van der Waals surface area contributed by atoms with Crippen molar-refractivity contribution in [1.29, 1.82) is 0 Å². The Kier molecular flexibility index (Phi) is 8.13. The molecule has 60 valence electrons. The highest BCUT2D eigenvalue weighted by molar-refractivity contribution is 5.77. The second-order valence-corrected chi connectivity index (χ2v) is 2.22. The van der Waals surface area contributed by atoms with Crippen molar-refractivity contribution in [3.63, 3.8) is 0 Å². The third-order valence-electron chi connectivity index (χ3n) is 1.23. The molecule has 0 fully saturated rings. The Balaban J connectivity index is 3.10. The molecule has 0 aromatic carbocycles. The molecule has 0 saturated carbocycles. The van der Waals surface area contributed by atoms with Gasteiger partial charge in [0.2, 0.25) is 0 Å². The van der Waals surface area contributed by atoms with Gasteiger partial charge >= 0.3 is 0 Å². The van der Waals surface area contributed by atoms with E-state index in [2.05, 4.69) is 30.0 Å². The molecule has 0 N–H and O–H groups in total. The first-order chi connectivity index (χ1) is 5.41. The van der Waals surface area contributed by atoms with E-state index in [9.17, 15) is 0 Å². The molecular formula is C10H15N. The van der Waals surface area contributed by atoms with Crippen LogP contribution < -0.4 is 0 Å². The molecular weight excluding hydrogens is 134 g/mol. The van der Waals surface area contributed by atoms with Crippen molar-refractivity contribution in [1.82, 2.24) is 0 Å². The van der Waals surface area contributed by atoms with E-state index in [0.29, 0.717) is 0 Å². The maximum absolute atomic E-state index is 4.98. The Bertz CT molecular complexity index is 160. The first-order valence-corrected chi connectivity index (χ1v) is 4.01. The van der Waals surface area contributed by atoms with Gasteiger partial charge in [-0.05, 0) is 19.3 Å². The predicted octanol–water partition coefficient (Wildman–Crippen LogP) is 2.44. The van der Waals surface area contributed by atoms with Crippen LogP contribution >= 0.6 is 0 Å². The third-order valence-corrected chi connectivity index (χ3v) is 1.23. The van der Waals surface area contributed by atoms with E-state index < -0.39 is 0 Å². The Labute approximate surface area is 69.2 Å². The summed E-state index contributed by atoms with van der Waals surface area (Å²) in [4.78, 5) is 3.99. The lowest BCUT2D eigenvalue weighted by atomic mass is 10.3. The second kappa shape index (κ2) is 8.97. The number of nitrogens with zero attached hydrogens (tertiary/aromatic N) is 1. The maximum atomic E-state index is 4.98. The Morgan fingerprint density at radius 3 is 2.91 bits per heavy atom. The topological polar surface area (TPSA) is 12.4 Å². The van der Waals surface area contributed by atoms with Crippen molar-refractivity contribution >= 4 is 6.21 Å². The molecule has 1 heteroatoms. The van der Waals surface area contributed by atoms with Gasteiger partial charge in [-0.2, -0.15) is 0 Å². The molecule has 0 aromatic rings. The number of terminal acetylenes is 1. The standard InChI is InChI=1S/C10H15N/c1-3-5-6-7-8-10-11-9-4-2/h2,5-6,9H,3,7-8,10H2,1H3/b6-5-,11-9-. The van der Waals surface area contributed by atoms with E-state index >= 15 is 0 Å². The molecule has 11 heavy (non-hydrogen) atoms. The molecule has 0 rings (SSSR count). The lowest BCUT2D eigenvalue weighted by Gasteiger charge is -1.88. The lowest BCUT2D eigenvalue weighted by molar-refractivity contribution is 0.856. The van der Waals surface area contributed by atoms with Gasteiger partial charge < -0.3 is 0 Å². The summed E-state index contributed by atoms with van der Waals surface area (Å²) in [7, 11) is 0. The highest BCUT2D eigenvalue weighted by Gasteiger charge is 1.78. The average molecular weight is 149 g/mol. The van der Waals surface area contributed by atoms with Crippen LogP contribution in [0.25, 0.3) is 0 Å². The molecule has 0 spiro atoms. The minimum atomic E-state index is 0.845. The third kappa shape index (κ3) is 8.97. The Morgan fingerprint density at radius 2 is 2.27 bits per heavy atom. The summed E-state index contributed by atoms with van der Waals surface area (Å²) in [5.41, 5.74) is 0. The van der Waals surface area contributed by atoms with Gasteiger partial charge in [0, 0.05) is 6.54 Å². The van der Waals surface area contributed by atoms with Crippen molar-refractivity contribution in [2.75, 3.05) is 6.54 Å². The summed E-state index contributed by atoms with van der Waals surface area (Å²) in [6.07, 6.45) is 14.2. The average Bonchev–Trinajstić information content (AvgIpc) is 2.03. The normalized spacial score (nSPS) is 10.9. The van der Waals surface area contributed by atoms with Gasteiger partial charge in [0.05, 0.1) is 6.21 Å². The molecule has 0 amide bonds. The summed E-state index contributed by atoms with van der Waals surface area (Å²) in [5, 5.41) is 0. The largest absolute Gasteiger partial charge is 0.284 e. The fourth-order valence-corrected chi connectivity index (χ4v) is 0.702. The van der Waals surface area contributed by atoms with Crippen molar-refractivity contribution in [3.05, 3.63) is 12.2 Å². The zero-order valence-electron chi connectivity index (χ0n) is 7.09. The number of unbranched alkanes of at least 4 members (excludes halogenated alkanes) is 1. The quantitative estimate of drug-likeness (QED) is 0.246. The van der Waals surface area contributed by atoms with Gasteiger partial charge in [0.1, 0.15) is 0 Å². The molecule has 0 bridgehead atoms. The lowest BCUT2D eigenvalue weighted by Crippen LogP contribution is -1.79. The molecule has 1 nitrogen and oxygen atoms in total. The smallest absolute Gasteiger partial charge is 0.0708 e. The number of hydrogen-bond donors (Lipinski definition) is 0. The predicted molar refractivity (Wildman–Crippen MR) is 50.9 cm³/mol. The van der Waals surface area contributed by atoms with Crippen LogP contribution in [0.5, 0.6) is 0 Å². The molecule has 0 radical (unpaired) electrons. The highest BCUT2D eigenvalue weighted by Crippen LogP contribution is 1.92. The first kappa shape index (κ1) is 9.97. The van der Waals surface area contributed by atoms with Crippen LogP contribution in [0.15, 0.2) is 17.1 Å². The second-order valence-electron chi connectivity index (χ2n) is 2.22. The molecule has 0 atom stereocenters. The number of hydrogen-bond acceptors (Lipinski definition) is 1. The van der Waals surface area contributed by atoms with Crippen LogP contribution in [0.1, 0.15) is 26.2 Å². The van der Waals surface area contributed by atoms with Gasteiger partial charge in [-0.25, -0.2) is 0 Å². The first-order valence-electron chi connectivity index (χ1n) is 4.01. The molecule has 0 aromatic heterocycles. The minimum Gasteiger partial charge on any atom is -0.284 e. The Hall–Kier alpha value is -1.03. The van der Waals surface area contributed by atoms with E-state index in [1.807, 2.05) is 0 Å². The summed E-state index contributed by atoms with van der Waals surface area (Å²) in [5.74, 6) is 2.36. The Morgan fingerprint density at radius 1 is 1.45 bits per heavy atom. The molecule has 0 heterocycles. The van der Waals surface area contributed by atoms with Crippen molar-refractivity contribution < 1.29 is 0 Å². The van der Waals surface area contributed by atoms with Crippen LogP contribution in [-0.2, 0) is 0 Å². The van der Waals surface area contributed by atoms with Crippen LogP contribution in [0.3, 0.4) is 0 Å². The van der Waals surface area contributed by atoms with Crippen LogP contribution in [0, 0.1) is 12.3 Å². The van der Waals surface area contributed by atoms with E-state index in [1.54, 1.807) is 0 Å². The monoisotopic (exact) mass is 149 g/mol. The molecule has 0 aliphatic rings. The van der Waals surface area contributed by atoms with Crippen molar-refractivity contribution in [3.8, 4) is 12.3 Å². The number of aliphatic imine (C=N–C) groups is 1.